The molecule has 0 spiro atoms. The predicted octanol–water partition coefficient (Wildman–Crippen LogP) is 3.06. The molecule has 1 unspecified atom stereocenters. The normalized spacial score (nSPS) is 12.4. The van der Waals surface area contributed by atoms with Crippen LogP contribution < -0.4 is 4.74 Å². The average Bonchev–Trinajstić information content (AvgIpc) is 2.30. The number of rotatable bonds is 4. The molecule has 17 heavy (non-hydrogen) atoms. The molecule has 0 N–H and O–H groups in total. The fourth-order valence-corrected chi connectivity index (χ4v) is 1.51. The Labute approximate surface area is 103 Å². The third kappa shape index (κ3) is 3.48. The zero-order valence-corrected chi connectivity index (χ0v) is 11.1. The fourth-order valence-electron chi connectivity index (χ4n) is 1.51. The number of methoxy groups -OCH3 is 1. The fraction of sp³-hybridized carbons (Fsp3) is 0.500. The minimum atomic E-state index is -0.582. The van der Waals surface area contributed by atoms with Crippen molar-refractivity contribution in [1.82, 2.24) is 0 Å². The van der Waals surface area contributed by atoms with E-state index in [9.17, 15) is 4.79 Å². The molecule has 0 fully saturated rings. The minimum Gasteiger partial charge on any atom is -0.479 e. The zero-order valence-electron chi connectivity index (χ0n) is 11.1. The summed E-state index contributed by atoms with van der Waals surface area (Å²) >= 11 is 0. The smallest absolute Gasteiger partial charge is 0.346 e. The number of carbonyl (C=O) groups is 1. The van der Waals surface area contributed by atoms with Crippen LogP contribution in [0.1, 0.15) is 37.8 Å². The second-order valence-electron chi connectivity index (χ2n) is 4.46. The molecular weight excluding hydrogens is 216 g/mol. The number of hydrogen-bond donors (Lipinski definition) is 0. The molecule has 0 aliphatic heterocycles. The van der Waals surface area contributed by atoms with Crippen LogP contribution in [0.3, 0.4) is 0 Å². The van der Waals surface area contributed by atoms with Crippen LogP contribution in [-0.4, -0.2) is 19.2 Å². The van der Waals surface area contributed by atoms with Crippen LogP contribution in [0.2, 0.25) is 0 Å². The van der Waals surface area contributed by atoms with Crippen molar-refractivity contribution in [3.05, 3.63) is 29.3 Å². The van der Waals surface area contributed by atoms with Gasteiger partial charge in [0.05, 0.1) is 7.11 Å². The summed E-state index contributed by atoms with van der Waals surface area (Å²) in [7, 11) is 1.36. The molecule has 0 radical (unpaired) electrons. The maximum atomic E-state index is 11.3. The number of hydrogen-bond acceptors (Lipinski definition) is 3. The number of carbonyl (C=O) groups excluding carboxylic acids is 1. The minimum absolute atomic E-state index is 0.362. The molecule has 3 heteroatoms. The third-order valence-corrected chi connectivity index (χ3v) is 2.72. The van der Waals surface area contributed by atoms with Crippen molar-refractivity contribution in [2.24, 2.45) is 0 Å². The summed E-state index contributed by atoms with van der Waals surface area (Å²) in [5.41, 5.74) is 2.22. The van der Waals surface area contributed by atoms with E-state index in [4.69, 9.17) is 4.74 Å². The Morgan fingerprint density at radius 2 is 1.88 bits per heavy atom. The molecule has 0 aromatic heterocycles. The lowest BCUT2D eigenvalue weighted by molar-refractivity contribution is -0.147. The van der Waals surface area contributed by atoms with Crippen molar-refractivity contribution in [2.45, 2.75) is 39.7 Å². The average molecular weight is 236 g/mol. The molecule has 0 bridgehead atoms. The highest BCUT2D eigenvalue weighted by molar-refractivity contribution is 5.74. The second kappa shape index (κ2) is 5.71. The number of aryl methyl sites for hydroxylation is 1. The Kier molecular flexibility index (Phi) is 4.55. The van der Waals surface area contributed by atoms with E-state index in [1.807, 2.05) is 19.1 Å². The predicted molar refractivity (Wildman–Crippen MR) is 67.4 cm³/mol. The molecule has 94 valence electrons. The van der Waals surface area contributed by atoms with Crippen LogP contribution in [0.4, 0.5) is 0 Å². The maximum Gasteiger partial charge on any atom is 0.346 e. The highest BCUT2D eigenvalue weighted by atomic mass is 16.6. The molecule has 1 rings (SSSR count). The van der Waals surface area contributed by atoms with Gasteiger partial charge in [-0.05, 0) is 37.0 Å². The standard InChI is InChI=1S/C14H20O3/c1-9(2)12-7-6-10(3)13(8-12)17-11(4)14(15)16-5/h6-9,11H,1-5H3. The number of ether oxygens (including phenoxy) is 2. The summed E-state index contributed by atoms with van der Waals surface area (Å²) in [4.78, 5) is 11.3. The van der Waals surface area contributed by atoms with E-state index in [0.717, 1.165) is 11.3 Å². The molecule has 0 aliphatic carbocycles. The van der Waals surface area contributed by atoms with Gasteiger partial charge in [0.2, 0.25) is 0 Å². The highest BCUT2D eigenvalue weighted by Gasteiger charge is 2.16. The van der Waals surface area contributed by atoms with Crippen LogP contribution in [0, 0.1) is 6.92 Å². The number of benzene rings is 1. The molecular formula is C14H20O3. The van der Waals surface area contributed by atoms with E-state index in [1.165, 1.54) is 12.7 Å². The van der Waals surface area contributed by atoms with Gasteiger partial charge >= 0.3 is 5.97 Å². The quantitative estimate of drug-likeness (QED) is 0.754. The van der Waals surface area contributed by atoms with Crippen LogP contribution >= 0.6 is 0 Å². The first-order chi connectivity index (χ1) is 7.95. The van der Waals surface area contributed by atoms with Crippen molar-refractivity contribution < 1.29 is 14.3 Å². The van der Waals surface area contributed by atoms with Gasteiger partial charge in [-0.2, -0.15) is 0 Å². The summed E-state index contributed by atoms with van der Waals surface area (Å²) in [5.74, 6) is 0.819. The summed E-state index contributed by atoms with van der Waals surface area (Å²) in [6, 6.07) is 6.07. The van der Waals surface area contributed by atoms with E-state index >= 15 is 0 Å². The van der Waals surface area contributed by atoms with Crippen LogP contribution in [0.25, 0.3) is 0 Å². The topological polar surface area (TPSA) is 35.5 Å². The van der Waals surface area contributed by atoms with Crippen molar-refractivity contribution >= 4 is 5.97 Å². The largest absolute Gasteiger partial charge is 0.479 e. The Hall–Kier alpha value is -1.51. The van der Waals surface area contributed by atoms with Gasteiger partial charge in [0.15, 0.2) is 6.10 Å². The van der Waals surface area contributed by atoms with E-state index in [2.05, 4.69) is 24.7 Å². The summed E-state index contributed by atoms with van der Waals surface area (Å²) in [5, 5.41) is 0. The Bertz CT molecular complexity index is 396. The first-order valence-electron chi connectivity index (χ1n) is 5.80. The molecule has 0 saturated heterocycles. The third-order valence-electron chi connectivity index (χ3n) is 2.72. The lowest BCUT2D eigenvalue weighted by Crippen LogP contribution is -2.25. The Balaban J connectivity index is 2.89. The van der Waals surface area contributed by atoms with E-state index < -0.39 is 6.10 Å². The van der Waals surface area contributed by atoms with Crippen LogP contribution in [0.15, 0.2) is 18.2 Å². The van der Waals surface area contributed by atoms with Gasteiger partial charge in [-0.25, -0.2) is 4.79 Å². The van der Waals surface area contributed by atoms with Gasteiger partial charge in [0.25, 0.3) is 0 Å². The first-order valence-corrected chi connectivity index (χ1v) is 5.80. The Morgan fingerprint density at radius 1 is 1.24 bits per heavy atom. The molecule has 0 aliphatic rings. The highest BCUT2D eigenvalue weighted by Crippen LogP contribution is 2.25. The molecule has 1 aromatic carbocycles. The van der Waals surface area contributed by atoms with Crippen molar-refractivity contribution in [2.75, 3.05) is 7.11 Å². The zero-order chi connectivity index (χ0) is 13.0. The maximum absolute atomic E-state index is 11.3. The molecule has 3 nitrogen and oxygen atoms in total. The van der Waals surface area contributed by atoms with Gasteiger partial charge in [0.1, 0.15) is 5.75 Å². The lowest BCUT2D eigenvalue weighted by Gasteiger charge is -2.16. The first kappa shape index (κ1) is 13.6. The van der Waals surface area contributed by atoms with Gasteiger partial charge in [-0.3, -0.25) is 0 Å². The van der Waals surface area contributed by atoms with Crippen LogP contribution in [0.5, 0.6) is 5.75 Å². The second-order valence-corrected chi connectivity index (χ2v) is 4.46. The van der Waals surface area contributed by atoms with E-state index in [1.54, 1.807) is 6.92 Å². The van der Waals surface area contributed by atoms with Gasteiger partial charge in [-0.15, -0.1) is 0 Å². The summed E-state index contributed by atoms with van der Waals surface area (Å²) in [6.07, 6.45) is -0.582. The molecule has 1 atom stereocenters. The lowest BCUT2D eigenvalue weighted by atomic mass is 10.0. The molecule has 1 aromatic rings. The van der Waals surface area contributed by atoms with E-state index in [-0.39, 0.29) is 5.97 Å². The SMILES string of the molecule is COC(=O)C(C)Oc1cc(C(C)C)ccc1C. The van der Waals surface area contributed by atoms with Gasteiger partial charge in [0, 0.05) is 0 Å². The molecule has 0 amide bonds. The monoisotopic (exact) mass is 236 g/mol. The Morgan fingerprint density at radius 3 is 2.41 bits per heavy atom. The number of esters is 1. The summed E-state index contributed by atoms with van der Waals surface area (Å²) < 4.78 is 10.3. The van der Waals surface area contributed by atoms with Crippen molar-refractivity contribution in [3.8, 4) is 5.75 Å². The van der Waals surface area contributed by atoms with Gasteiger partial charge < -0.3 is 9.47 Å². The molecule has 0 saturated carbocycles. The van der Waals surface area contributed by atoms with Gasteiger partial charge in [-0.1, -0.05) is 26.0 Å². The molecule has 0 heterocycles. The van der Waals surface area contributed by atoms with E-state index in [0.29, 0.717) is 5.92 Å². The van der Waals surface area contributed by atoms with Crippen molar-refractivity contribution in [3.63, 3.8) is 0 Å². The summed E-state index contributed by atoms with van der Waals surface area (Å²) in [6.45, 7) is 7.90. The van der Waals surface area contributed by atoms with Crippen LogP contribution in [-0.2, 0) is 9.53 Å². The van der Waals surface area contributed by atoms with Crippen molar-refractivity contribution in [1.29, 1.82) is 0 Å².